The molecule has 2 N–H and O–H groups in total. The van der Waals surface area contributed by atoms with Crippen LogP contribution in [-0.4, -0.2) is 37.9 Å². The van der Waals surface area contributed by atoms with Gasteiger partial charge in [-0.15, -0.1) is 5.10 Å². The van der Waals surface area contributed by atoms with Gasteiger partial charge in [0.15, 0.2) is 5.65 Å². The smallest absolute Gasteiger partial charge is 0.362 e. The highest BCUT2D eigenvalue weighted by Gasteiger charge is 2.20. The topological polar surface area (TPSA) is 105 Å². The number of carbonyl (C=O) groups excluding carboxylic acids is 1. The minimum absolute atomic E-state index is 0.0261. The van der Waals surface area contributed by atoms with Crippen molar-refractivity contribution in [3.05, 3.63) is 40.3 Å². The van der Waals surface area contributed by atoms with Crippen LogP contribution in [0.2, 0.25) is 0 Å². The van der Waals surface area contributed by atoms with Crippen LogP contribution >= 0.6 is 0 Å². The number of ether oxygens (including phenoxy) is 1. The molecule has 0 radical (unpaired) electrons. The van der Waals surface area contributed by atoms with Gasteiger partial charge in [0.25, 0.3) is 5.56 Å². The third-order valence-electron chi connectivity index (χ3n) is 3.39. The summed E-state index contributed by atoms with van der Waals surface area (Å²) in [6.45, 7) is 0. The molecule has 4 rings (SSSR count). The Morgan fingerprint density at radius 2 is 2.14 bits per heavy atom. The number of nitrogens with one attached hydrogen (secondary N) is 2. The zero-order valence-electron chi connectivity index (χ0n) is 10.9. The van der Waals surface area contributed by atoms with Crippen LogP contribution in [0.3, 0.4) is 0 Å². The van der Waals surface area contributed by atoms with Gasteiger partial charge in [0.05, 0.1) is 7.11 Å². The number of H-pyrrole nitrogens is 2. The van der Waals surface area contributed by atoms with Gasteiger partial charge >= 0.3 is 5.97 Å². The Morgan fingerprint density at radius 1 is 1.33 bits per heavy atom. The highest BCUT2D eigenvalue weighted by Crippen LogP contribution is 2.23. The number of carbonyl (C=O) groups is 1. The molecule has 0 spiro atoms. The Hall–Kier alpha value is -3.16. The lowest BCUT2D eigenvalue weighted by Gasteiger charge is -1.96. The van der Waals surface area contributed by atoms with Gasteiger partial charge in [0, 0.05) is 10.9 Å². The maximum atomic E-state index is 12.2. The fourth-order valence-electron chi connectivity index (χ4n) is 2.46. The van der Waals surface area contributed by atoms with Gasteiger partial charge in [-0.2, -0.15) is 4.98 Å². The van der Waals surface area contributed by atoms with Crippen molar-refractivity contribution >= 4 is 33.6 Å². The zero-order chi connectivity index (χ0) is 14.6. The number of aromatic nitrogens is 5. The van der Waals surface area contributed by atoms with Crippen molar-refractivity contribution in [3.63, 3.8) is 0 Å². The predicted octanol–water partition coefficient (Wildman–Crippen LogP) is 0.839. The van der Waals surface area contributed by atoms with Gasteiger partial charge in [-0.3, -0.25) is 4.79 Å². The van der Waals surface area contributed by atoms with Crippen LogP contribution in [0, 0.1) is 0 Å². The van der Waals surface area contributed by atoms with Gasteiger partial charge < -0.3 is 9.72 Å². The van der Waals surface area contributed by atoms with Crippen molar-refractivity contribution in [2.24, 2.45) is 0 Å². The lowest BCUT2D eigenvalue weighted by molar-refractivity contribution is 0.0596. The molecule has 3 heterocycles. The van der Waals surface area contributed by atoms with E-state index in [1.54, 1.807) is 0 Å². The van der Waals surface area contributed by atoms with Gasteiger partial charge in [-0.1, -0.05) is 18.2 Å². The van der Waals surface area contributed by atoms with Crippen molar-refractivity contribution in [1.82, 2.24) is 24.8 Å². The van der Waals surface area contributed by atoms with E-state index in [9.17, 15) is 9.59 Å². The fraction of sp³-hybridized carbons (Fsp3) is 0.0769. The second-order valence-electron chi connectivity index (χ2n) is 4.52. The van der Waals surface area contributed by atoms with E-state index in [-0.39, 0.29) is 11.3 Å². The van der Waals surface area contributed by atoms with Crippen molar-refractivity contribution < 1.29 is 9.53 Å². The number of benzene rings is 1. The minimum Gasteiger partial charge on any atom is -0.464 e. The van der Waals surface area contributed by atoms with Gasteiger partial charge in [-0.05, 0) is 6.07 Å². The molecule has 0 saturated carbocycles. The summed E-state index contributed by atoms with van der Waals surface area (Å²) in [4.78, 5) is 30.8. The molecule has 3 aromatic heterocycles. The van der Waals surface area contributed by atoms with Crippen LogP contribution < -0.4 is 5.56 Å². The molecular formula is C13H9N5O3. The molecule has 21 heavy (non-hydrogen) atoms. The van der Waals surface area contributed by atoms with Crippen molar-refractivity contribution in [2.45, 2.75) is 0 Å². The Bertz CT molecular complexity index is 1070. The highest BCUT2D eigenvalue weighted by atomic mass is 16.5. The second kappa shape index (κ2) is 3.92. The van der Waals surface area contributed by atoms with Gasteiger partial charge in [-0.25, -0.2) is 14.5 Å². The lowest BCUT2D eigenvalue weighted by atomic mass is 10.2. The molecule has 0 aliphatic rings. The first-order valence-corrected chi connectivity index (χ1v) is 6.16. The number of aromatic amines is 2. The summed E-state index contributed by atoms with van der Waals surface area (Å²) in [5, 5.41) is 7.42. The van der Waals surface area contributed by atoms with Crippen molar-refractivity contribution in [3.8, 4) is 0 Å². The summed E-state index contributed by atoms with van der Waals surface area (Å²) in [5.41, 5.74) is 1.43. The Labute approximate surface area is 116 Å². The average molecular weight is 283 g/mol. The van der Waals surface area contributed by atoms with E-state index in [1.807, 2.05) is 24.3 Å². The number of nitrogens with zero attached hydrogens (tertiary/aromatic N) is 3. The summed E-state index contributed by atoms with van der Waals surface area (Å²) in [6, 6.07) is 7.46. The first kappa shape index (κ1) is 11.6. The van der Waals surface area contributed by atoms with E-state index in [0.717, 1.165) is 10.9 Å². The van der Waals surface area contributed by atoms with Crippen molar-refractivity contribution in [2.75, 3.05) is 7.11 Å². The Kier molecular flexibility index (Phi) is 2.17. The van der Waals surface area contributed by atoms with Crippen LogP contribution in [0.4, 0.5) is 0 Å². The molecule has 0 fully saturated rings. The van der Waals surface area contributed by atoms with Gasteiger partial charge in [0.2, 0.25) is 5.69 Å². The standard InChI is InChI=1S/C13H9N5O3/c1-21-13(20)9-11-15-12(19)8-10(18(11)17-16-9)6-4-2-3-5-7(6)14-8/h2-5,14,17H,1H3. The first-order chi connectivity index (χ1) is 10.2. The minimum atomic E-state index is -0.653. The van der Waals surface area contributed by atoms with E-state index in [4.69, 9.17) is 0 Å². The van der Waals surface area contributed by atoms with Crippen LogP contribution in [0.15, 0.2) is 29.1 Å². The second-order valence-corrected chi connectivity index (χ2v) is 4.52. The highest BCUT2D eigenvalue weighted by molar-refractivity contribution is 6.06. The molecule has 0 unspecified atom stereocenters. The molecule has 8 heteroatoms. The molecule has 0 aliphatic heterocycles. The van der Waals surface area contributed by atoms with Crippen LogP contribution in [0.5, 0.6) is 0 Å². The first-order valence-electron chi connectivity index (χ1n) is 6.16. The van der Waals surface area contributed by atoms with Crippen LogP contribution in [0.1, 0.15) is 10.5 Å². The normalized spacial score (nSPS) is 11.5. The van der Waals surface area contributed by atoms with Crippen molar-refractivity contribution in [1.29, 1.82) is 0 Å². The molecule has 0 atom stereocenters. The molecule has 0 amide bonds. The molecule has 4 aromatic rings. The summed E-state index contributed by atoms with van der Waals surface area (Å²) < 4.78 is 6.14. The fourth-order valence-corrected chi connectivity index (χ4v) is 2.46. The molecule has 0 aliphatic carbocycles. The third kappa shape index (κ3) is 1.43. The SMILES string of the molecule is COC(=O)c1n[nH]n2c1nc(=O)c1[nH]c3ccccc3c12. The number of hydrogen-bond acceptors (Lipinski definition) is 5. The molecule has 104 valence electrons. The number of hydrogen-bond donors (Lipinski definition) is 2. The largest absolute Gasteiger partial charge is 0.464 e. The molecular weight excluding hydrogens is 274 g/mol. The van der Waals surface area contributed by atoms with E-state index in [0.29, 0.717) is 11.0 Å². The average Bonchev–Trinajstić information content (AvgIpc) is 3.07. The summed E-state index contributed by atoms with van der Waals surface area (Å²) in [6.07, 6.45) is 0. The molecule has 8 nitrogen and oxygen atoms in total. The Morgan fingerprint density at radius 3 is 2.95 bits per heavy atom. The number of fused-ring (bicyclic) bond motifs is 5. The number of rotatable bonds is 1. The van der Waals surface area contributed by atoms with Crippen LogP contribution in [-0.2, 0) is 4.74 Å². The summed E-state index contributed by atoms with van der Waals surface area (Å²) in [5.74, 6) is -0.653. The lowest BCUT2D eigenvalue weighted by Crippen LogP contribution is -2.12. The predicted molar refractivity (Wildman–Crippen MR) is 74.3 cm³/mol. The maximum Gasteiger partial charge on any atom is 0.362 e. The monoisotopic (exact) mass is 283 g/mol. The maximum absolute atomic E-state index is 12.2. The molecule has 1 aromatic carbocycles. The number of esters is 1. The van der Waals surface area contributed by atoms with E-state index >= 15 is 0 Å². The van der Waals surface area contributed by atoms with E-state index in [2.05, 4.69) is 25.0 Å². The zero-order valence-corrected chi connectivity index (χ0v) is 10.9. The number of methoxy groups -OCH3 is 1. The number of para-hydroxylation sites is 1. The Balaban J connectivity index is 2.26. The summed E-state index contributed by atoms with van der Waals surface area (Å²) >= 11 is 0. The van der Waals surface area contributed by atoms with E-state index in [1.165, 1.54) is 11.6 Å². The summed E-state index contributed by atoms with van der Waals surface area (Å²) in [7, 11) is 1.25. The van der Waals surface area contributed by atoms with E-state index < -0.39 is 11.5 Å². The molecule has 0 bridgehead atoms. The third-order valence-corrected chi connectivity index (χ3v) is 3.39. The quantitative estimate of drug-likeness (QED) is 0.503. The molecule has 0 saturated heterocycles. The van der Waals surface area contributed by atoms with Crippen LogP contribution in [0.25, 0.3) is 27.6 Å². The van der Waals surface area contributed by atoms with Gasteiger partial charge in [0.1, 0.15) is 11.0 Å².